The van der Waals surface area contributed by atoms with Gasteiger partial charge in [-0.2, -0.15) is 0 Å². The summed E-state index contributed by atoms with van der Waals surface area (Å²) in [6.07, 6.45) is 6.81. The highest BCUT2D eigenvalue weighted by Gasteiger charge is 2.35. The van der Waals surface area contributed by atoms with Crippen molar-refractivity contribution in [3.63, 3.8) is 0 Å². The first-order chi connectivity index (χ1) is 8.66. The Morgan fingerprint density at radius 2 is 1.78 bits per heavy atom. The number of nitrogens with zero attached hydrogens (tertiary/aromatic N) is 2. The molecule has 3 heteroatoms. The van der Waals surface area contributed by atoms with Crippen LogP contribution in [0.15, 0.2) is 24.3 Å². The normalized spacial score (nSPS) is 26.4. The van der Waals surface area contributed by atoms with Gasteiger partial charge in [-0.25, -0.2) is 0 Å². The maximum atomic E-state index is 12.5. The summed E-state index contributed by atoms with van der Waals surface area (Å²) < 4.78 is 1.99. The molecular formula is C15H20N2O. The SMILES string of the molecule is Cc1ccc(C(=O)N2C[C@H]3CC=CC[C@H]3C2)n1C. The van der Waals surface area contributed by atoms with Crippen LogP contribution in [-0.2, 0) is 7.05 Å². The Morgan fingerprint density at radius 1 is 1.17 bits per heavy atom. The molecule has 1 aliphatic heterocycles. The molecule has 2 atom stereocenters. The van der Waals surface area contributed by atoms with E-state index in [0.29, 0.717) is 11.8 Å². The molecule has 1 aromatic heterocycles. The fraction of sp³-hybridized carbons (Fsp3) is 0.533. The number of aromatic nitrogens is 1. The molecule has 0 spiro atoms. The summed E-state index contributed by atoms with van der Waals surface area (Å²) in [7, 11) is 1.97. The van der Waals surface area contributed by atoms with E-state index in [2.05, 4.69) is 12.2 Å². The van der Waals surface area contributed by atoms with Gasteiger partial charge in [0.1, 0.15) is 5.69 Å². The van der Waals surface area contributed by atoms with Gasteiger partial charge in [0.25, 0.3) is 5.91 Å². The van der Waals surface area contributed by atoms with Crippen molar-refractivity contribution in [3.05, 3.63) is 35.7 Å². The topological polar surface area (TPSA) is 25.2 Å². The monoisotopic (exact) mass is 244 g/mol. The number of aryl methyl sites for hydroxylation is 1. The molecule has 18 heavy (non-hydrogen) atoms. The summed E-state index contributed by atoms with van der Waals surface area (Å²) in [6, 6.07) is 3.95. The van der Waals surface area contributed by atoms with E-state index >= 15 is 0 Å². The third kappa shape index (κ3) is 1.78. The Morgan fingerprint density at radius 3 is 2.28 bits per heavy atom. The zero-order chi connectivity index (χ0) is 12.7. The molecule has 1 fully saturated rings. The molecule has 96 valence electrons. The lowest BCUT2D eigenvalue weighted by Crippen LogP contribution is -2.30. The van der Waals surface area contributed by atoms with E-state index in [1.807, 2.05) is 35.6 Å². The average Bonchev–Trinajstić information content (AvgIpc) is 2.94. The number of hydrogen-bond acceptors (Lipinski definition) is 1. The minimum atomic E-state index is 0.194. The Bertz CT molecular complexity index is 485. The number of carbonyl (C=O) groups is 1. The Kier molecular flexibility index (Phi) is 2.77. The summed E-state index contributed by atoms with van der Waals surface area (Å²) in [5, 5.41) is 0. The number of rotatable bonds is 1. The van der Waals surface area contributed by atoms with Crippen molar-refractivity contribution >= 4 is 5.91 Å². The lowest BCUT2D eigenvalue weighted by Gasteiger charge is -2.17. The van der Waals surface area contributed by atoms with Crippen molar-refractivity contribution in [1.82, 2.24) is 9.47 Å². The van der Waals surface area contributed by atoms with E-state index in [1.165, 1.54) is 0 Å². The Balaban J connectivity index is 1.77. The number of carbonyl (C=O) groups excluding carboxylic acids is 1. The lowest BCUT2D eigenvalue weighted by atomic mass is 9.86. The van der Waals surface area contributed by atoms with E-state index in [9.17, 15) is 4.79 Å². The summed E-state index contributed by atoms with van der Waals surface area (Å²) in [5.41, 5.74) is 1.95. The average molecular weight is 244 g/mol. The van der Waals surface area contributed by atoms with E-state index in [1.54, 1.807) is 0 Å². The van der Waals surface area contributed by atoms with Crippen molar-refractivity contribution < 1.29 is 4.79 Å². The zero-order valence-electron chi connectivity index (χ0n) is 11.1. The highest BCUT2D eigenvalue weighted by molar-refractivity contribution is 5.93. The lowest BCUT2D eigenvalue weighted by molar-refractivity contribution is 0.0774. The van der Waals surface area contributed by atoms with E-state index < -0.39 is 0 Å². The minimum absolute atomic E-state index is 0.194. The van der Waals surface area contributed by atoms with Crippen molar-refractivity contribution in [2.45, 2.75) is 19.8 Å². The molecule has 1 saturated heterocycles. The first kappa shape index (κ1) is 11.6. The maximum Gasteiger partial charge on any atom is 0.270 e. The molecule has 0 N–H and O–H groups in total. The smallest absolute Gasteiger partial charge is 0.270 e. The second-order valence-corrected chi connectivity index (χ2v) is 5.59. The highest BCUT2D eigenvalue weighted by Crippen LogP contribution is 2.33. The quantitative estimate of drug-likeness (QED) is 0.696. The number of allylic oxidation sites excluding steroid dienone is 2. The molecule has 2 heterocycles. The summed E-state index contributed by atoms with van der Waals surface area (Å²) in [4.78, 5) is 14.5. The molecule has 3 nitrogen and oxygen atoms in total. The van der Waals surface area contributed by atoms with Crippen LogP contribution in [0.25, 0.3) is 0 Å². The van der Waals surface area contributed by atoms with Gasteiger partial charge in [0.05, 0.1) is 0 Å². The minimum Gasteiger partial charge on any atom is -0.344 e. The molecule has 1 aliphatic carbocycles. The fourth-order valence-corrected chi connectivity index (χ4v) is 3.17. The van der Waals surface area contributed by atoms with Crippen LogP contribution in [0.2, 0.25) is 0 Å². The molecule has 1 amide bonds. The number of amides is 1. The predicted molar refractivity (Wildman–Crippen MR) is 71.4 cm³/mol. The van der Waals surface area contributed by atoms with Crippen LogP contribution >= 0.6 is 0 Å². The van der Waals surface area contributed by atoms with E-state index in [4.69, 9.17) is 0 Å². The predicted octanol–water partition coefficient (Wildman–Crippen LogP) is 2.37. The van der Waals surface area contributed by atoms with Gasteiger partial charge >= 0.3 is 0 Å². The standard InChI is InChI=1S/C15H20N2O/c1-11-7-8-14(16(11)2)15(18)17-9-12-5-3-4-6-13(12)10-17/h3-4,7-8,12-13H,5-6,9-10H2,1-2H3/t12-,13+. The number of likely N-dealkylation sites (tertiary alicyclic amines) is 1. The largest absolute Gasteiger partial charge is 0.344 e. The van der Waals surface area contributed by atoms with Crippen molar-refractivity contribution in [1.29, 1.82) is 0 Å². The van der Waals surface area contributed by atoms with Gasteiger partial charge in [-0.3, -0.25) is 4.79 Å². The van der Waals surface area contributed by atoms with Crippen LogP contribution in [-0.4, -0.2) is 28.5 Å². The van der Waals surface area contributed by atoms with Gasteiger partial charge in [-0.1, -0.05) is 12.2 Å². The van der Waals surface area contributed by atoms with Gasteiger partial charge in [-0.15, -0.1) is 0 Å². The third-order valence-corrected chi connectivity index (χ3v) is 4.50. The molecule has 0 aromatic carbocycles. The van der Waals surface area contributed by atoms with Crippen LogP contribution in [0.4, 0.5) is 0 Å². The molecule has 0 bridgehead atoms. The van der Waals surface area contributed by atoms with Crippen LogP contribution in [0.1, 0.15) is 29.0 Å². The first-order valence-corrected chi connectivity index (χ1v) is 6.73. The molecule has 0 saturated carbocycles. The van der Waals surface area contributed by atoms with Gasteiger partial charge in [-0.05, 0) is 43.7 Å². The van der Waals surface area contributed by atoms with E-state index in [-0.39, 0.29) is 5.91 Å². The second-order valence-electron chi connectivity index (χ2n) is 5.59. The summed E-state index contributed by atoms with van der Waals surface area (Å²) in [5.74, 6) is 1.56. The first-order valence-electron chi connectivity index (χ1n) is 6.73. The number of fused-ring (bicyclic) bond motifs is 1. The summed E-state index contributed by atoms with van der Waals surface area (Å²) >= 11 is 0. The fourth-order valence-electron chi connectivity index (χ4n) is 3.17. The van der Waals surface area contributed by atoms with Gasteiger partial charge in [0.2, 0.25) is 0 Å². The Hall–Kier alpha value is -1.51. The third-order valence-electron chi connectivity index (χ3n) is 4.50. The number of hydrogen-bond donors (Lipinski definition) is 0. The van der Waals surface area contributed by atoms with Gasteiger partial charge < -0.3 is 9.47 Å². The zero-order valence-corrected chi connectivity index (χ0v) is 11.1. The molecule has 3 rings (SSSR count). The molecule has 0 unspecified atom stereocenters. The molecular weight excluding hydrogens is 224 g/mol. The van der Waals surface area contributed by atoms with Gasteiger partial charge in [0.15, 0.2) is 0 Å². The van der Waals surface area contributed by atoms with Crippen LogP contribution in [0.3, 0.4) is 0 Å². The van der Waals surface area contributed by atoms with Crippen molar-refractivity contribution in [2.24, 2.45) is 18.9 Å². The summed E-state index contributed by atoms with van der Waals surface area (Å²) in [6.45, 7) is 3.89. The molecule has 0 radical (unpaired) electrons. The van der Waals surface area contributed by atoms with Crippen molar-refractivity contribution in [2.75, 3.05) is 13.1 Å². The van der Waals surface area contributed by atoms with Crippen LogP contribution in [0, 0.1) is 18.8 Å². The maximum absolute atomic E-state index is 12.5. The van der Waals surface area contributed by atoms with E-state index in [0.717, 1.165) is 37.3 Å². The molecule has 2 aliphatic rings. The van der Waals surface area contributed by atoms with Crippen molar-refractivity contribution in [3.8, 4) is 0 Å². The van der Waals surface area contributed by atoms with Gasteiger partial charge in [0, 0.05) is 25.8 Å². The second kappa shape index (κ2) is 4.30. The highest BCUT2D eigenvalue weighted by atomic mass is 16.2. The molecule has 1 aromatic rings. The van der Waals surface area contributed by atoms with Crippen LogP contribution in [0.5, 0.6) is 0 Å². The van der Waals surface area contributed by atoms with Crippen LogP contribution < -0.4 is 0 Å². The Labute approximate surface area is 108 Å².